The molecular formula is C13H15FN4O2. The molecule has 0 saturated heterocycles. The number of carboxylic acid groups (broad SMARTS) is 1. The van der Waals surface area contributed by atoms with Gasteiger partial charge >= 0.3 is 5.97 Å². The van der Waals surface area contributed by atoms with E-state index in [1.165, 1.54) is 6.07 Å². The van der Waals surface area contributed by atoms with Gasteiger partial charge in [0.25, 0.3) is 0 Å². The van der Waals surface area contributed by atoms with Crippen molar-refractivity contribution in [2.24, 2.45) is 7.05 Å². The van der Waals surface area contributed by atoms with Crippen LogP contribution in [0.3, 0.4) is 0 Å². The number of halogens is 1. The summed E-state index contributed by atoms with van der Waals surface area (Å²) in [5, 5.41) is 15.8. The molecule has 0 aliphatic heterocycles. The Hall–Kier alpha value is -2.57. The molecule has 1 aromatic carbocycles. The molecule has 0 aliphatic rings. The number of anilines is 2. The summed E-state index contributed by atoms with van der Waals surface area (Å²) in [7, 11) is 1.82. The van der Waals surface area contributed by atoms with E-state index in [-0.39, 0.29) is 16.9 Å². The minimum atomic E-state index is -1.18. The minimum Gasteiger partial charge on any atom is -0.478 e. The van der Waals surface area contributed by atoms with Gasteiger partial charge in [-0.2, -0.15) is 5.10 Å². The van der Waals surface area contributed by atoms with Crippen LogP contribution < -0.4 is 11.1 Å². The molecule has 2 aromatic rings. The fraction of sp³-hybridized carbons (Fsp3) is 0.231. The van der Waals surface area contributed by atoms with Gasteiger partial charge in [0.15, 0.2) is 0 Å². The van der Waals surface area contributed by atoms with Crippen molar-refractivity contribution >= 4 is 17.3 Å². The number of benzene rings is 1. The van der Waals surface area contributed by atoms with Crippen molar-refractivity contribution < 1.29 is 14.3 Å². The van der Waals surface area contributed by atoms with Crippen LogP contribution in [0.2, 0.25) is 0 Å². The second-order valence-corrected chi connectivity index (χ2v) is 4.35. The lowest BCUT2D eigenvalue weighted by molar-refractivity contribution is 0.0698. The van der Waals surface area contributed by atoms with Crippen LogP contribution in [-0.2, 0) is 13.5 Å². The van der Waals surface area contributed by atoms with E-state index in [0.717, 1.165) is 11.8 Å². The molecule has 0 amide bonds. The number of nitrogens with one attached hydrogen (secondary N) is 1. The number of rotatable bonds is 5. The Balaban J connectivity index is 2.08. The molecule has 0 bridgehead atoms. The van der Waals surface area contributed by atoms with E-state index < -0.39 is 11.8 Å². The van der Waals surface area contributed by atoms with E-state index >= 15 is 0 Å². The third-order valence-corrected chi connectivity index (χ3v) is 2.99. The summed E-state index contributed by atoms with van der Waals surface area (Å²) >= 11 is 0. The van der Waals surface area contributed by atoms with Crippen LogP contribution in [0.15, 0.2) is 24.4 Å². The van der Waals surface area contributed by atoms with Gasteiger partial charge in [0, 0.05) is 37.6 Å². The van der Waals surface area contributed by atoms with Crippen molar-refractivity contribution in [3.05, 3.63) is 41.5 Å². The third kappa shape index (κ3) is 2.87. The lowest BCUT2D eigenvalue weighted by atomic mass is 10.1. The van der Waals surface area contributed by atoms with Crippen molar-refractivity contribution in [3.63, 3.8) is 0 Å². The van der Waals surface area contributed by atoms with E-state index in [9.17, 15) is 9.18 Å². The van der Waals surface area contributed by atoms with Gasteiger partial charge in [-0.05, 0) is 18.2 Å². The summed E-state index contributed by atoms with van der Waals surface area (Å²) in [4.78, 5) is 10.9. The Bertz CT molecular complexity index is 639. The summed E-state index contributed by atoms with van der Waals surface area (Å²) < 4.78 is 15.4. The largest absolute Gasteiger partial charge is 0.478 e. The molecule has 6 nitrogen and oxygen atoms in total. The molecule has 0 unspecified atom stereocenters. The molecule has 0 radical (unpaired) electrons. The zero-order valence-electron chi connectivity index (χ0n) is 10.9. The molecule has 106 valence electrons. The quantitative estimate of drug-likeness (QED) is 0.721. The monoisotopic (exact) mass is 278 g/mol. The number of aromatic nitrogens is 2. The first-order valence-electron chi connectivity index (χ1n) is 6.02. The first kappa shape index (κ1) is 13.9. The van der Waals surface area contributed by atoms with Gasteiger partial charge in [0.1, 0.15) is 5.82 Å². The highest BCUT2D eigenvalue weighted by atomic mass is 19.1. The number of aromatic carboxylic acids is 1. The van der Waals surface area contributed by atoms with Crippen LogP contribution in [0.1, 0.15) is 16.1 Å². The summed E-state index contributed by atoms with van der Waals surface area (Å²) in [5.41, 5.74) is 6.37. The molecule has 20 heavy (non-hydrogen) atoms. The van der Waals surface area contributed by atoms with Crippen molar-refractivity contribution in [1.29, 1.82) is 0 Å². The van der Waals surface area contributed by atoms with Crippen LogP contribution in [0, 0.1) is 5.82 Å². The van der Waals surface area contributed by atoms with E-state index in [4.69, 9.17) is 10.8 Å². The molecule has 0 spiro atoms. The first-order valence-corrected chi connectivity index (χ1v) is 6.02. The standard InChI is InChI=1S/C13H15FN4O2/c1-18-8(3-5-17-18)2-4-16-12-6-9(13(19)20)11(15)7-10(12)14/h3,5-7,16H,2,4,15H2,1H3,(H,19,20). The summed E-state index contributed by atoms with van der Waals surface area (Å²) in [6, 6.07) is 4.08. The molecule has 2 rings (SSSR count). The summed E-state index contributed by atoms with van der Waals surface area (Å²) in [6.45, 7) is 0.458. The molecule has 7 heteroatoms. The van der Waals surface area contributed by atoms with Crippen molar-refractivity contribution in [3.8, 4) is 0 Å². The zero-order valence-corrected chi connectivity index (χ0v) is 10.9. The number of hydrogen-bond acceptors (Lipinski definition) is 4. The van der Waals surface area contributed by atoms with Gasteiger partial charge < -0.3 is 16.2 Å². The molecule has 0 atom stereocenters. The lowest BCUT2D eigenvalue weighted by Crippen LogP contribution is -2.11. The van der Waals surface area contributed by atoms with E-state index in [0.29, 0.717) is 13.0 Å². The number of nitrogen functional groups attached to an aromatic ring is 1. The Kier molecular flexibility index (Phi) is 3.88. The lowest BCUT2D eigenvalue weighted by Gasteiger charge is -2.10. The van der Waals surface area contributed by atoms with Gasteiger partial charge in [-0.25, -0.2) is 9.18 Å². The smallest absolute Gasteiger partial charge is 0.337 e. The van der Waals surface area contributed by atoms with Gasteiger partial charge in [-0.3, -0.25) is 4.68 Å². The maximum atomic E-state index is 13.7. The topological polar surface area (TPSA) is 93.2 Å². The number of aryl methyl sites for hydroxylation is 1. The van der Waals surface area contributed by atoms with Gasteiger partial charge in [0.05, 0.1) is 11.3 Å². The average Bonchev–Trinajstić information content (AvgIpc) is 2.77. The van der Waals surface area contributed by atoms with Gasteiger partial charge in [-0.15, -0.1) is 0 Å². The first-order chi connectivity index (χ1) is 9.49. The summed E-state index contributed by atoms with van der Waals surface area (Å²) in [6.07, 6.45) is 2.32. The Morgan fingerprint density at radius 1 is 1.55 bits per heavy atom. The van der Waals surface area contributed by atoms with Crippen LogP contribution in [0.5, 0.6) is 0 Å². The van der Waals surface area contributed by atoms with Crippen LogP contribution in [0.4, 0.5) is 15.8 Å². The third-order valence-electron chi connectivity index (χ3n) is 2.99. The number of nitrogens with two attached hydrogens (primary N) is 1. The maximum absolute atomic E-state index is 13.7. The van der Waals surface area contributed by atoms with E-state index in [2.05, 4.69) is 10.4 Å². The van der Waals surface area contributed by atoms with E-state index in [1.54, 1.807) is 10.9 Å². The highest BCUT2D eigenvalue weighted by Gasteiger charge is 2.13. The molecule has 1 aromatic heterocycles. The molecule has 4 N–H and O–H groups in total. The number of carbonyl (C=O) groups is 1. The normalized spacial score (nSPS) is 10.5. The second-order valence-electron chi connectivity index (χ2n) is 4.35. The van der Waals surface area contributed by atoms with E-state index in [1.807, 2.05) is 13.1 Å². The van der Waals surface area contributed by atoms with Gasteiger partial charge in [-0.1, -0.05) is 0 Å². The molecule has 0 aliphatic carbocycles. The molecule has 0 fully saturated rings. The molecular weight excluding hydrogens is 263 g/mol. The maximum Gasteiger partial charge on any atom is 0.337 e. The van der Waals surface area contributed by atoms with Crippen LogP contribution in [0.25, 0.3) is 0 Å². The predicted molar refractivity (Wildman–Crippen MR) is 73.2 cm³/mol. The highest BCUT2D eigenvalue weighted by molar-refractivity contribution is 5.94. The fourth-order valence-corrected chi connectivity index (χ4v) is 1.88. The highest BCUT2D eigenvalue weighted by Crippen LogP contribution is 2.22. The van der Waals surface area contributed by atoms with Crippen LogP contribution >= 0.6 is 0 Å². The number of nitrogens with zero attached hydrogens (tertiary/aromatic N) is 2. The minimum absolute atomic E-state index is 0.0906. The van der Waals surface area contributed by atoms with Crippen molar-refractivity contribution in [2.45, 2.75) is 6.42 Å². The van der Waals surface area contributed by atoms with Crippen LogP contribution in [-0.4, -0.2) is 27.4 Å². The molecule has 1 heterocycles. The average molecular weight is 278 g/mol. The second kappa shape index (κ2) is 5.60. The van der Waals surface area contributed by atoms with Crippen molar-refractivity contribution in [1.82, 2.24) is 9.78 Å². The Morgan fingerprint density at radius 3 is 2.90 bits per heavy atom. The predicted octanol–water partition coefficient (Wildman–Crippen LogP) is 1.49. The van der Waals surface area contributed by atoms with Gasteiger partial charge in [0.2, 0.25) is 0 Å². The van der Waals surface area contributed by atoms with Crippen molar-refractivity contribution in [2.75, 3.05) is 17.6 Å². The molecule has 0 saturated carbocycles. The number of carboxylic acids is 1. The Labute approximate surface area is 115 Å². The fourth-order valence-electron chi connectivity index (χ4n) is 1.88. The Morgan fingerprint density at radius 2 is 2.30 bits per heavy atom. The SMILES string of the molecule is Cn1nccc1CCNc1cc(C(=O)O)c(N)cc1F. The number of hydrogen-bond donors (Lipinski definition) is 3. The summed E-state index contributed by atoms with van der Waals surface area (Å²) in [5.74, 6) is -1.75. The zero-order chi connectivity index (χ0) is 14.7.